The number of aromatic nitrogens is 1. The number of alkyl halides is 3. The fourth-order valence-corrected chi connectivity index (χ4v) is 2.54. The van der Waals surface area contributed by atoms with Gasteiger partial charge >= 0.3 is 6.18 Å². The molecule has 0 unspecified atom stereocenters. The molecule has 0 aliphatic heterocycles. The van der Waals surface area contributed by atoms with Gasteiger partial charge in [0.05, 0.1) is 26.4 Å². The molecule has 0 fully saturated rings. The van der Waals surface area contributed by atoms with Gasteiger partial charge in [-0.2, -0.15) is 13.2 Å². The molecule has 0 saturated carbocycles. The zero-order valence-corrected chi connectivity index (χ0v) is 18.7. The van der Waals surface area contributed by atoms with Gasteiger partial charge in [0, 0.05) is 25.1 Å². The summed E-state index contributed by atoms with van der Waals surface area (Å²) in [5.74, 6) is 0.513. The van der Waals surface area contributed by atoms with Gasteiger partial charge in [-0.15, -0.1) is 35.3 Å². The summed E-state index contributed by atoms with van der Waals surface area (Å²) in [6.45, 7) is 7.61. The van der Waals surface area contributed by atoms with Crippen LogP contribution in [0.1, 0.15) is 37.4 Å². The first kappa shape index (κ1) is 26.3. The topological polar surface area (TPSA) is 67.8 Å². The summed E-state index contributed by atoms with van der Waals surface area (Å²) in [6, 6.07) is 0. The molecule has 1 rings (SSSR count). The zero-order valence-electron chi connectivity index (χ0n) is 15.6. The quantitative estimate of drug-likeness (QED) is 0.189. The lowest BCUT2D eigenvalue weighted by Gasteiger charge is -2.11. The number of rotatable bonds is 12. The Morgan fingerprint density at radius 2 is 1.85 bits per heavy atom. The largest absolute Gasteiger partial charge is 0.434 e. The lowest BCUT2D eigenvalue weighted by molar-refractivity contribution is -0.140. The maximum Gasteiger partial charge on any atom is 0.434 e. The smallest absolute Gasteiger partial charge is 0.379 e. The van der Waals surface area contributed by atoms with Gasteiger partial charge in [-0.1, -0.05) is 13.3 Å². The second-order valence-electron chi connectivity index (χ2n) is 5.32. The number of nitrogens with zero attached hydrogens (tertiary/aromatic N) is 2. The predicted molar refractivity (Wildman–Crippen MR) is 112 cm³/mol. The number of hydrogen-bond acceptors (Lipinski definition) is 5. The van der Waals surface area contributed by atoms with E-state index >= 15 is 0 Å². The van der Waals surface area contributed by atoms with Crippen molar-refractivity contribution in [2.45, 2.75) is 39.4 Å². The molecule has 11 heteroatoms. The van der Waals surface area contributed by atoms with Crippen LogP contribution in [0.15, 0.2) is 10.4 Å². The first-order valence-electron chi connectivity index (χ1n) is 8.66. The molecular formula is C16H28F3IN4O2S. The Morgan fingerprint density at radius 3 is 2.44 bits per heavy atom. The molecule has 1 aromatic heterocycles. The van der Waals surface area contributed by atoms with Gasteiger partial charge in [0.25, 0.3) is 0 Å². The number of guanidine groups is 1. The number of thiazole rings is 1. The second-order valence-corrected chi connectivity index (χ2v) is 6.27. The highest BCUT2D eigenvalue weighted by atomic mass is 127. The lowest BCUT2D eigenvalue weighted by Crippen LogP contribution is -2.39. The van der Waals surface area contributed by atoms with E-state index in [1.165, 1.54) is 0 Å². The van der Waals surface area contributed by atoms with Crippen molar-refractivity contribution in [3.8, 4) is 0 Å². The third kappa shape index (κ3) is 12.4. The maximum atomic E-state index is 12.5. The van der Waals surface area contributed by atoms with E-state index in [2.05, 4.69) is 27.5 Å². The summed E-state index contributed by atoms with van der Waals surface area (Å²) in [7, 11) is 0. The summed E-state index contributed by atoms with van der Waals surface area (Å²) in [4.78, 5) is 7.80. The minimum atomic E-state index is -4.42. The Morgan fingerprint density at radius 1 is 1.15 bits per heavy atom. The van der Waals surface area contributed by atoms with E-state index in [1.54, 1.807) is 0 Å². The third-order valence-electron chi connectivity index (χ3n) is 3.11. The molecular weight excluding hydrogens is 496 g/mol. The number of hydrogen-bond donors (Lipinski definition) is 2. The van der Waals surface area contributed by atoms with Crippen LogP contribution in [0.25, 0.3) is 0 Å². The van der Waals surface area contributed by atoms with Crippen LogP contribution in [-0.2, 0) is 22.2 Å². The van der Waals surface area contributed by atoms with Gasteiger partial charge in [0.15, 0.2) is 11.7 Å². The normalized spacial score (nSPS) is 12.0. The molecule has 2 N–H and O–H groups in total. The average molecular weight is 524 g/mol. The van der Waals surface area contributed by atoms with E-state index in [1.807, 2.05) is 6.92 Å². The Labute approximate surface area is 179 Å². The molecule has 27 heavy (non-hydrogen) atoms. The van der Waals surface area contributed by atoms with Crippen LogP contribution < -0.4 is 10.6 Å². The van der Waals surface area contributed by atoms with E-state index in [4.69, 9.17) is 9.47 Å². The van der Waals surface area contributed by atoms with Crippen LogP contribution in [0.3, 0.4) is 0 Å². The zero-order chi connectivity index (χ0) is 19.3. The molecule has 0 aliphatic rings. The van der Waals surface area contributed by atoms with Crippen molar-refractivity contribution in [3.63, 3.8) is 0 Å². The number of aliphatic imine (C=N–C) groups is 1. The monoisotopic (exact) mass is 524 g/mol. The summed E-state index contributed by atoms with van der Waals surface area (Å²) in [5.41, 5.74) is -0.875. The first-order chi connectivity index (χ1) is 12.5. The van der Waals surface area contributed by atoms with Crippen LogP contribution in [-0.4, -0.2) is 50.5 Å². The third-order valence-corrected chi connectivity index (χ3v) is 3.95. The number of nitrogens with one attached hydrogen (secondary N) is 2. The fraction of sp³-hybridized carbons (Fsp3) is 0.750. The molecule has 1 aromatic rings. The van der Waals surface area contributed by atoms with Gasteiger partial charge in [0.1, 0.15) is 5.01 Å². The molecule has 0 aromatic carbocycles. The average Bonchev–Trinajstić information content (AvgIpc) is 3.07. The molecule has 0 saturated heterocycles. The van der Waals surface area contributed by atoms with Crippen LogP contribution in [0.4, 0.5) is 13.2 Å². The highest BCUT2D eigenvalue weighted by Crippen LogP contribution is 2.30. The van der Waals surface area contributed by atoms with Gasteiger partial charge in [-0.05, 0) is 13.3 Å². The molecule has 0 spiro atoms. The highest BCUT2D eigenvalue weighted by Gasteiger charge is 2.33. The summed E-state index contributed by atoms with van der Waals surface area (Å²) >= 11 is 0.947. The fourth-order valence-electron chi connectivity index (χ4n) is 1.81. The van der Waals surface area contributed by atoms with E-state index in [0.29, 0.717) is 43.9 Å². The highest BCUT2D eigenvalue weighted by molar-refractivity contribution is 14.0. The molecule has 6 nitrogen and oxygen atoms in total. The van der Waals surface area contributed by atoms with E-state index < -0.39 is 11.9 Å². The molecule has 158 valence electrons. The van der Waals surface area contributed by atoms with Gasteiger partial charge < -0.3 is 20.1 Å². The Hall–Kier alpha value is -0.660. The maximum absolute atomic E-state index is 12.5. The molecule has 0 amide bonds. The summed E-state index contributed by atoms with van der Waals surface area (Å²) in [6.07, 6.45) is -2.26. The summed E-state index contributed by atoms with van der Waals surface area (Å²) < 4.78 is 48.4. The van der Waals surface area contributed by atoms with Crippen molar-refractivity contribution in [2.75, 3.05) is 39.5 Å². The van der Waals surface area contributed by atoms with Gasteiger partial charge in [-0.25, -0.2) is 9.98 Å². The van der Waals surface area contributed by atoms with Crippen molar-refractivity contribution in [1.82, 2.24) is 15.6 Å². The van der Waals surface area contributed by atoms with Crippen molar-refractivity contribution in [2.24, 2.45) is 4.99 Å². The summed E-state index contributed by atoms with van der Waals surface area (Å²) in [5, 5.41) is 7.41. The predicted octanol–water partition coefficient (Wildman–Crippen LogP) is 3.67. The molecule has 0 bridgehead atoms. The molecule has 0 radical (unpaired) electrons. The molecule has 1 heterocycles. The Bertz CT molecular complexity index is 530. The standard InChI is InChI=1S/C16H27F3N4O2S.HI/c1-3-5-7-24-9-10-25-8-6-21-15(20-4-2)22-11-14-23-13(12-26-14)16(17,18)19;/h12H,3-11H2,1-2H3,(H2,20,21,22);1H. The lowest BCUT2D eigenvalue weighted by atomic mass is 10.4. The van der Waals surface area contributed by atoms with Crippen molar-refractivity contribution in [3.05, 3.63) is 16.1 Å². The van der Waals surface area contributed by atoms with E-state index in [0.717, 1.165) is 36.2 Å². The van der Waals surface area contributed by atoms with Gasteiger partial charge in [0.2, 0.25) is 0 Å². The number of unbranched alkanes of at least 4 members (excludes halogenated alkanes) is 1. The van der Waals surface area contributed by atoms with Crippen LogP contribution in [0.5, 0.6) is 0 Å². The van der Waals surface area contributed by atoms with Crippen LogP contribution >= 0.6 is 35.3 Å². The van der Waals surface area contributed by atoms with Crippen LogP contribution in [0.2, 0.25) is 0 Å². The number of ether oxygens (including phenoxy) is 2. The van der Waals surface area contributed by atoms with E-state index in [9.17, 15) is 13.2 Å². The Balaban J connectivity index is 0.00000676. The minimum Gasteiger partial charge on any atom is -0.379 e. The van der Waals surface area contributed by atoms with Gasteiger partial charge in [-0.3, -0.25) is 0 Å². The first-order valence-corrected chi connectivity index (χ1v) is 9.54. The number of halogens is 4. The Kier molecular flexibility index (Phi) is 14.9. The van der Waals surface area contributed by atoms with E-state index in [-0.39, 0.29) is 30.5 Å². The molecule has 0 atom stereocenters. The SMILES string of the molecule is CCCCOCCOCCNC(=NCc1nc(C(F)(F)F)cs1)NCC.I. The second kappa shape index (κ2) is 15.3. The van der Waals surface area contributed by atoms with Crippen molar-refractivity contribution >= 4 is 41.3 Å². The molecule has 0 aliphatic carbocycles. The van der Waals surface area contributed by atoms with Crippen molar-refractivity contribution in [1.29, 1.82) is 0 Å². The van der Waals surface area contributed by atoms with Crippen LogP contribution in [0, 0.1) is 0 Å². The minimum absolute atomic E-state index is 0. The van der Waals surface area contributed by atoms with Crippen molar-refractivity contribution < 1.29 is 22.6 Å².